The predicted octanol–water partition coefficient (Wildman–Crippen LogP) is 2.03. The minimum Gasteiger partial charge on any atom is -0.483 e. The van der Waals surface area contributed by atoms with Gasteiger partial charge in [0.2, 0.25) is 0 Å². The third kappa shape index (κ3) is 4.49. The van der Waals surface area contributed by atoms with Crippen molar-refractivity contribution in [3.63, 3.8) is 0 Å². The number of carboxylic acid groups (broad SMARTS) is 1. The van der Waals surface area contributed by atoms with Crippen LogP contribution in [0, 0.1) is 25.7 Å². The standard InChI is InChI=1S/C21H31N5O3.CH2O2/c1-13(2)11-26-20(29)25(12-16-5-6-16)19(28)21(26)7-9-24(10-8-21)18(27)17-14(3)22-15(4)23-17;2-1-3/h13,16H,5-12H2,1-4H3,(H,22,23);1H,(H,2,3). The Morgan fingerprint density at radius 2 is 1.84 bits per heavy atom. The van der Waals surface area contributed by atoms with E-state index in [0.29, 0.717) is 50.6 Å². The van der Waals surface area contributed by atoms with Crippen LogP contribution in [0.25, 0.3) is 0 Å². The Hall–Kier alpha value is -2.91. The number of likely N-dealkylation sites (tertiary alicyclic amines) is 1. The Balaban J connectivity index is 0.000000913. The number of H-pyrrole nitrogens is 1. The number of piperidine rings is 1. The van der Waals surface area contributed by atoms with Crippen molar-refractivity contribution in [2.24, 2.45) is 11.8 Å². The number of carbonyl (C=O) groups is 4. The molecular weight excluding hydrogens is 414 g/mol. The van der Waals surface area contributed by atoms with Gasteiger partial charge in [0, 0.05) is 31.9 Å². The number of carbonyl (C=O) groups excluding carboxylic acids is 3. The number of aryl methyl sites for hydroxylation is 2. The Kier molecular flexibility index (Phi) is 6.90. The number of rotatable bonds is 5. The molecule has 3 aliphatic rings. The molecule has 0 aromatic carbocycles. The highest BCUT2D eigenvalue weighted by Crippen LogP contribution is 2.40. The van der Waals surface area contributed by atoms with Gasteiger partial charge in [0.15, 0.2) is 0 Å². The van der Waals surface area contributed by atoms with Gasteiger partial charge < -0.3 is 19.9 Å². The van der Waals surface area contributed by atoms with Gasteiger partial charge in [0.1, 0.15) is 17.1 Å². The summed E-state index contributed by atoms with van der Waals surface area (Å²) in [4.78, 5) is 60.2. The van der Waals surface area contributed by atoms with Crippen molar-refractivity contribution in [2.45, 2.75) is 58.9 Å². The predicted molar refractivity (Wildman–Crippen MR) is 116 cm³/mol. The molecule has 1 saturated carbocycles. The molecule has 3 fully saturated rings. The lowest BCUT2D eigenvalue weighted by Crippen LogP contribution is -2.58. The molecule has 0 atom stereocenters. The van der Waals surface area contributed by atoms with Crippen LogP contribution in [-0.2, 0) is 9.59 Å². The van der Waals surface area contributed by atoms with Crippen LogP contribution in [0.2, 0.25) is 0 Å². The monoisotopic (exact) mass is 447 g/mol. The van der Waals surface area contributed by atoms with Crippen LogP contribution < -0.4 is 0 Å². The minimum absolute atomic E-state index is 0.0612. The van der Waals surface area contributed by atoms with Crippen molar-refractivity contribution in [1.82, 2.24) is 24.7 Å². The van der Waals surface area contributed by atoms with Crippen molar-refractivity contribution in [2.75, 3.05) is 26.2 Å². The van der Waals surface area contributed by atoms with E-state index in [9.17, 15) is 14.4 Å². The third-order valence-corrected chi connectivity index (χ3v) is 6.39. The summed E-state index contributed by atoms with van der Waals surface area (Å²) in [5.41, 5.74) is 0.405. The molecule has 0 unspecified atom stereocenters. The van der Waals surface area contributed by atoms with E-state index in [0.717, 1.165) is 24.4 Å². The molecule has 4 rings (SSSR count). The molecule has 3 heterocycles. The summed E-state index contributed by atoms with van der Waals surface area (Å²) in [5, 5.41) is 6.89. The molecule has 1 aliphatic carbocycles. The molecule has 10 nitrogen and oxygen atoms in total. The number of urea groups is 1. The molecule has 0 radical (unpaired) electrons. The Morgan fingerprint density at radius 1 is 1.25 bits per heavy atom. The maximum atomic E-state index is 13.4. The lowest BCUT2D eigenvalue weighted by atomic mass is 9.85. The van der Waals surface area contributed by atoms with Crippen LogP contribution in [-0.4, -0.2) is 85.8 Å². The zero-order chi connectivity index (χ0) is 23.6. The van der Waals surface area contributed by atoms with E-state index in [1.807, 2.05) is 13.8 Å². The van der Waals surface area contributed by atoms with Crippen LogP contribution in [0.3, 0.4) is 0 Å². The van der Waals surface area contributed by atoms with Gasteiger partial charge in [-0.25, -0.2) is 9.78 Å². The Labute approximate surface area is 188 Å². The van der Waals surface area contributed by atoms with Crippen molar-refractivity contribution < 1.29 is 24.3 Å². The summed E-state index contributed by atoms with van der Waals surface area (Å²) in [6.07, 6.45) is 3.16. The maximum absolute atomic E-state index is 13.4. The number of aromatic amines is 1. The fraction of sp³-hybridized carbons (Fsp3) is 0.682. The zero-order valence-corrected chi connectivity index (χ0v) is 19.3. The molecule has 176 valence electrons. The van der Waals surface area contributed by atoms with E-state index in [-0.39, 0.29) is 30.2 Å². The minimum atomic E-state index is -0.802. The molecule has 2 N–H and O–H groups in total. The second-order valence-electron chi connectivity index (χ2n) is 9.37. The quantitative estimate of drug-likeness (QED) is 0.525. The Morgan fingerprint density at radius 3 is 2.31 bits per heavy atom. The second-order valence-corrected chi connectivity index (χ2v) is 9.37. The van der Waals surface area contributed by atoms with Crippen LogP contribution in [0.4, 0.5) is 4.79 Å². The van der Waals surface area contributed by atoms with Gasteiger partial charge >= 0.3 is 6.03 Å². The van der Waals surface area contributed by atoms with Gasteiger partial charge in [-0.3, -0.25) is 19.3 Å². The van der Waals surface area contributed by atoms with E-state index in [1.165, 1.54) is 4.90 Å². The van der Waals surface area contributed by atoms with Gasteiger partial charge in [0.05, 0.1) is 0 Å². The lowest BCUT2D eigenvalue weighted by molar-refractivity contribution is -0.135. The highest BCUT2D eigenvalue weighted by atomic mass is 16.3. The number of imide groups is 1. The fourth-order valence-electron chi connectivity index (χ4n) is 4.65. The summed E-state index contributed by atoms with van der Waals surface area (Å²) in [6.45, 7) is 9.57. The molecule has 4 amide bonds. The summed E-state index contributed by atoms with van der Waals surface area (Å²) in [7, 11) is 0. The van der Waals surface area contributed by atoms with E-state index in [1.54, 1.807) is 9.80 Å². The molecule has 1 spiro atoms. The number of amides is 4. The highest BCUT2D eigenvalue weighted by molar-refractivity contribution is 6.07. The molecular formula is C22H33N5O5. The van der Waals surface area contributed by atoms with Crippen LogP contribution in [0.1, 0.15) is 61.5 Å². The topological polar surface area (TPSA) is 127 Å². The van der Waals surface area contributed by atoms with Crippen LogP contribution >= 0.6 is 0 Å². The van der Waals surface area contributed by atoms with Gasteiger partial charge in [-0.1, -0.05) is 13.8 Å². The molecule has 10 heteroatoms. The average molecular weight is 448 g/mol. The fourth-order valence-corrected chi connectivity index (χ4v) is 4.65. The van der Waals surface area contributed by atoms with E-state index in [4.69, 9.17) is 9.90 Å². The normalized spacial score (nSPS) is 20.1. The lowest BCUT2D eigenvalue weighted by Gasteiger charge is -2.42. The summed E-state index contributed by atoms with van der Waals surface area (Å²) < 4.78 is 0. The van der Waals surface area contributed by atoms with Crippen LogP contribution in [0.15, 0.2) is 0 Å². The molecule has 32 heavy (non-hydrogen) atoms. The van der Waals surface area contributed by atoms with E-state index >= 15 is 0 Å². The molecule has 2 aliphatic heterocycles. The highest BCUT2D eigenvalue weighted by Gasteiger charge is 2.58. The van der Waals surface area contributed by atoms with Crippen molar-refractivity contribution >= 4 is 24.3 Å². The van der Waals surface area contributed by atoms with Crippen LogP contribution in [0.5, 0.6) is 0 Å². The SMILES string of the molecule is Cc1nc(C(=O)N2CCC3(CC2)C(=O)N(CC2CC2)C(=O)N3CC(C)C)c(C)[nH]1.O=CO. The molecule has 1 aromatic rings. The number of nitrogens with zero attached hydrogens (tertiary/aromatic N) is 4. The number of hydrogen-bond acceptors (Lipinski definition) is 5. The molecule has 1 aromatic heterocycles. The summed E-state index contributed by atoms with van der Waals surface area (Å²) in [5.74, 6) is 1.29. The summed E-state index contributed by atoms with van der Waals surface area (Å²) >= 11 is 0. The number of hydrogen-bond donors (Lipinski definition) is 2. The number of imidazole rings is 1. The third-order valence-electron chi connectivity index (χ3n) is 6.39. The van der Waals surface area contributed by atoms with Gasteiger partial charge in [0.25, 0.3) is 18.3 Å². The number of aromatic nitrogens is 2. The smallest absolute Gasteiger partial charge is 0.327 e. The second kappa shape index (κ2) is 9.30. The first-order valence-electron chi connectivity index (χ1n) is 11.2. The largest absolute Gasteiger partial charge is 0.483 e. The molecule has 0 bridgehead atoms. The van der Waals surface area contributed by atoms with E-state index in [2.05, 4.69) is 23.8 Å². The van der Waals surface area contributed by atoms with Crippen molar-refractivity contribution in [1.29, 1.82) is 0 Å². The first-order valence-corrected chi connectivity index (χ1v) is 11.2. The van der Waals surface area contributed by atoms with Gasteiger partial charge in [-0.2, -0.15) is 0 Å². The first kappa shape index (κ1) is 23.7. The summed E-state index contributed by atoms with van der Waals surface area (Å²) in [6, 6.07) is -0.144. The first-order chi connectivity index (χ1) is 15.1. The van der Waals surface area contributed by atoms with Crippen molar-refractivity contribution in [3.8, 4) is 0 Å². The Bertz CT molecular complexity index is 883. The average Bonchev–Trinajstić information content (AvgIpc) is 3.47. The maximum Gasteiger partial charge on any atom is 0.327 e. The zero-order valence-electron chi connectivity index (χ0n) is 19.3. The van der Waals surface area contributed by atoms with Gasteiger partial charge in [-0.05, 0) is 51.4 Å². The molecule has 2 saturated heterocycles. The van der Waals surface area contributed by atoms with E-state index < -0.39 is 5.54 Å². The van der Waals surface area contributed by atoms with Gasteiger partial charge in [-0.15, -0.1) is 0 Å². The number of nitrogens with one attached hydrogen (secondary N) is 1. The van der Waals surface area contributed by atoms with Crippen molar-refractivity contribution in [3.05, 3.63) is 17.2 Å².